The second-order valence-electron chi connectivity index (χ2n) is 5.69. The summed E-state index contributed by atoms with van der Waals surface area (Å²) in [6, 6.07) is 6.53. The number of nitrogens with zero attached hydrogens (tertiary/aromatic N) is 1. The molecule has 0 aliphatic carbocycles. The first-order valence-corrected chi connectivity index (χ1v) is 11.0. The van der Waals surface area contributed by atoms with Crippen LogP contribution in [0.2, 0.25) is 0 Å². The molecule has 8 heteroatoms. The number of sulfonamides is 1. The summed E-state index contributed by atoms with van der Waals surface area (Å²) < 4.78 is 27.0. The normalized spacial score (nSPS) is 11.5. The maximum atomic E-state index is 12.8. The summed E-state index contributed by atoms with van der Waals surface area (Å²) in [5.41, 5.74) is 1.71. The van der Waals surface area contributed by atoms with Gasteiger partial charge in [0.15, 0.2) is 0 Å². The molecule has 1 heterocycles. The van der Waals surface area contributed by atoms with E-state index in [9.17, 15) is 13.2 Å². The summed E-state index contributed by atoms with van der Waals surface area (Å²) in [4.78, 5) is 12.6. The Kier molecular flexibility index (Phi) is 7.19. The van der Waals surface area contributed by atoms with Crippen molar-refractivity contribution in [3.63, 3.8) is 0 Å². The van der Waals surface area contributed by atoms with Crippen LogP contribution >= 0.6 is 11.3 Å². The van der Waals surface area contributed by atoms with Crippen molar-refractivity contribution in [3.8, 4) is 0 Å². The number of carbonyl (C=O) groups excluding carboxylic acids is 1. The van der Waals surface area contributed by atoms with E-state index in [4.69, 9.17) is 0 Å². The van der Waals surface area contributed by atoms with Crippen molar-refractivity contribution < 1.29 is 13.2 Å². The molecule has 2 N–H and O–H groups in total. The first-order chi connectivity index (χ1) is 12.4. The van der Waals surface area contributed by atoms with Gasteiger partial charge in [-0.1, -0.05) is 20.8 Å². The Balaban J connectivity index is 2.40. The number of thiophene rings is 1. The molecule has 1 aromatic carbocycles. The van der Waals surface area contributed by atoms with Gasteiger partial charge in [0, 0.05) is 25.0 Å². The van der Waals surface area contributed by atoms with E-state index < -0.39 is 10.0 Å². The molecule has 0 atom stereocenters. The lowest BCUT2D eigenvalue weighted by molar-refractivity contribution is 0.102. The van der Waals surface area contributed by atoms with E-state index in [0.717, 1.165) is 13.0 Å². The number of hydrogen-bond donors (Lipinski definition) is 2. The average Bonchev–Trinajstić information content (AvgIpc) is 3.16. The fraction of sp³-hybridized carbons (Fsp3) is 0.389. The third-order valence-corrected chi connectivity index (χ3v) is 6.66. The van der Waals surface area contributed by atoms with Crippen molar-refractivity contribution in [1.82, 2.24) is 4.31 Å². The summed E-state index contributed by atoms with van der Waals surface area (Å²) in [5.74, 6) is -0.261. The van der Waals surface area contributed by atoms with E-state index in [1.165, 1.54) is 21.7 Å². The van der Waals surface area contributed by atoms with Crippen LogP contribution in [0.4, 0.5) is 11.4 Å². The largest absolute Gasteiger partial charge is 0.383 e. The number of rotatable bonds is 9. The van der Waals surface area contributed by atoms with Crippen LogP contribution in [0.1, 0.15) is 37.6 Å². The van der Waals surface area contributed by atoms with E-state index in [-0.39, 0.29) is 10.8 Å². The zero-order valence-corrected chi connectivity index (χ0v) is 16.9. The Morgan fingerprint density at radius 3 is 2.42 bits per heavy atom. The van der Waals surface area contributed by atoms with Crippen molar-refractivity contribution in [3.05, 3.63) is 40.6 Å². The van der Waals surface area contributed by atoms with Crippen LogP contribution in [-0.2, 0) is 10.0 Å². The molecule has 6 nitrogen and oxygen atoms in total. The fourth-order valence-corrected chi connectivity index (χ4v) is 4.62. The van der Waals surface area contributed by atoms with Gasteiger partial charge in [-0.15, -0.1) is 0 Å². The highest BCUT2D eigenvalue weighted by atomic mass is 32.2. The van der Waals surface area contributed by atoms with Crippen LogP contribution < -0.4 is 10.6 Å². The number of carbonyl (C=O) groups is 1. The Bertz CT molecular complexity index is 829. The standard InChI is InChI=1S/C18H25N3O3S2/c1-4-10-19-16-8-7-15(26(23,24)21(5-2)6-3)12-17(16)20-18(22)14-9-11-25-13-14/h7-9,11-13,19H,4-6,10H2,1-3H3,(H,20,22). The van der Waals surface area contributed by atoms with Gasteiger partial charge in [0.2, 0.25) is 10.0 Å². The van der Waals surface area contributed by atoms with Gasteiger partial charge < -0.3 is 10.6 Å². The molecule has 0 aliphatic rings. The molecule has 0 fully saturated rings. The molecule has 0 saturated carbocycles. The maximum Gasteiger partial charge on any atom is 0.256 e. The van der Waals surface area contributed by atoms with Crippen molar-refractivity contribution in [1.29, 1.82) is 0 Å². The molecule has 1 amide bonds. The highest BCUT2D eigenvalue weighted by molar-refractivity contribution is 7.89. The lowest BCUT2D eigenvalue weighted by Gasteiger charge is -2.20. The predicted octanol–water partition coefficient (Wildman–Crippen LogP) is 3.85. The first-order valence-electron chi connectivity index (χ1n) is 8.65. The summed E-state index contributed by atoms with van der Waals surface area (Å²) in [6.45, 7) is 7.16. The van der Waals surface area contributed by atoms with E-state index in [0.29, 0.717) is 30.0 Å². The van der Waals surface area contributed by atoms with Crippen molar-refractivity contribution in [2.24, 2.45) is 0 Å². The summed E-state index contributed by atoms with van der Waals surface area (Å²) in [6.07, 6.45) is 0.914. The van der Waals surface area contributed by atoms with Gasteiger partial charge in [-0.2, -0.15) is 15.6 Å². The van der Waals surface area contributed by atoms with E-state index in [2.05, 4.69) is 10.6 Å². The number of anilines is 2. The van der Waals surface area contributed by atoms with Gasteiger partial charge in [0.05, 0.1) is 21.8 Å². The van der Waals surface area contributed by atoms with Gasteiger partial charge in [-0.3, -0.25) is 4.79 Å². The molecule has 0 spiro atoms. The molecule has 0 unspecified atom stereocenters. The third-order valence-electron chi connectivity index (χ3n) is 3.93. The number of amides is 1. The molecule has 0 radical (unpaired) electrons. The minimum atomic E-state index is -3.59. The maximum absolute atomic E-state index is 12.8. The number of benzene rings is 1. The van der Waals surface area contributed by atoms with Crippen molar-refractivity contribution in [2.75, 3.05) is 30.3 Å². The van der Waals surface area contributed by atoms with Gasteiger partial charge in [0.25, 0.3) is 5.91 Å². The molecule has 142 valence electrons. The molecule has 1 aromatic heterocycles. The van der Waals surface area contributed by atoms with Crippen molar-refractivity contribution in [2.45, 2.75) is 32.1 Å². The zero-order chi connectivity index (χ0) is 19.2. The van der Waals surface area contributed by atoms with Gasteiger partial charge in [-0.25, -0.2) is 8.42 Å². The van der Waals surface area contributed by atoms with E-state index in [1.807, 2.05) is 12.3 Å². The summed E-state index contributed by atoms with van der Waals surface area (Å²) in [7, 11) is -3.59. The number of nitrogens with one attached hydrogen (secondary N) is 2. The molecule has 0 bridgehead atoms. The molecule has 26 heavy (non-hydrogen) atoms. The van der Waals surface area contributed by atoms with Crippen LogP contribution in [-0.4, -0.2) is 38.3 Å². The van der Waals surface area contributed by atoms with Crippen LogP contribution in [0.3, 0.4) is 0 Å². The second kappa shape index (κ2) is 9.16. The Morgan fingerprint density at radius 2 is 1.85 bits per heavy atom. The van der Waals surface area contributed by atoms with E-state index in [1.54, 1.807) is 37.4 Å². The Labute approximate surface area is 159 Å². The molecule has 2 rings (SSSR count). The highest BCUT2D eigenvalue weighted by Crippen LogP contribution is 2.28. The van der Waals surface area contributed by atoms with Gasteiger partial charge >= 0.3 is 0 Å². The van der Waals surface area contributed by atoms with Crippen LogP contribution in [0.25, 0.3) is 0 Å². The molecular weight excluding hydrogens is 370 g/mol. The minimum Gasteiger partial charge on any atom is -0.383 e. The Hall–Kier alpha value is -1.90. The SMILES string of the molecule is CCCNc1ccc(S(=O)(=O)N(CC)CC)cc1NC(=O)c1ccsc1. The van der Waals surface area contributed by atoms with Gasteiger partial charge in [0.1, 0.15) is 0 Å². The fourth-order valence-electron chi connectivity index (χ4n) is 2.50. The molecule has 0 saturated heterocycles. The first kappa shape index (κ1) is 20.4. The smallest absolute Gasteiger partial charge is 0.256 e. The highest BCUT2D eigenvalue weighted by Gasteiger charge is 2.23. The van der Waals surface area contributed by atoms with Gasteiger partial charge in [-0.05, 0) is 36.1 Å². The third kappa shape index (κ3) is 4.63. The molecule has 2 aromatic rings. The van der Waals surface area contributed by atoms with E-state index >= 15 is 0 Å². The van der Waals surface area contributed by atoms with Crippen LogP contribution in [0, 0.1) is 0 Å². The zero-order valence-electron chi connectivity index (χ0n) is 15.3. The minimum absolute atomic E-state index is 0.170. The lowest BCUT2D eigenvalue weighted by atomic mass is 10.2. The average molecular weight is 396 g/mol. The Morgan fingerprint density at radius 1 is 1.12 bits per heavy atom. The second-order valence-corrected chi connectivity index (χ2v) is 8.41. The van der Waals surface area contributed by atoms with Crippen LogP contribution in [0.5, 0.6) is 0 Å². The quantitative estimate of drug-likeness (QED) is 0.676. The summed E-state index contributed by atoms with van der Waals surface area (Å²) in [5, 5.41) is 9.64. The molecular formula is C18H25N3O3S2. The predicted molar refractivity (Wildman–Crippen MR) is 108 cm³/mol. The van der Waals surface area contributed by atoms with Crippen molar-refractivity contribution >= 4 is 38.6 Å². The van der Waals surface area contributed by atoms with Crippen LogP contribution in [0.15, 0.2) is 39.9 Å². The monoisotopic (exact) mass is 395 g/mol. The lowest BCUT2D eigenvalue weighted by Crippen LogP contribution is -2.30. The molecule has 0 aliphatic heterocycles. The number of hydrogen-bond acceptors (Lipinski definition) is 5. The summed E-state index contributed by atoms with van der Waals surface area (Å²) >= 11 is 1.43. The topological polar surface area (TPSA) is 78.5 Å².